The van der Waals surface area contributed by atoms with E-state index >= 15 is 0 Å². The van der Waals surface area contributed by atoms with Gasteiger partial charge in [-0.05, 0) is 39.3 Å². The summed E-state index contributed by atoms with van der Waals surface area (Å²) in [5, 5.41) is 4.70. The highest BCUT2D eigenvalue weighted by Crippen LogP contribution is 2.23. The molecule has 0 atom stereocenters. The number of rotatable bonds is 8. The molecule has 0 saturated heterocycles. The van der Waals surface area contributed by atoms with Crippen molar-refractivity contribution in [3.8, 4) is 5.88 Å². The molecule has 2 aromatic rings. The molecule has 0 spiro atoms. The highest BCUT2D eigenvalue weighted by atomic mass is 35.5. The van der Waals surface area contributed by atoms with Crippen LogP contribution in [0.15, 0.2) is 24.3 Å². The van der Waals surface area contributed by atoms with Gasteiger partial charge in [0.15, 0.2) is 0 Å². The maximum absolute atomic E-state index is 14.1. The van der Waals surface area contributed by atoms with E-state index in [0.717, 1.165) is 5.69 Å². The van der Waals surface area contributed by atoms with E-state index in [1.165, 1.54) is 6.07 Å². The minimum atomic E-state index is -0.398. The number of nitrogens with zero attached hydrogens (tertiary/aromatic N) is 2. The molecule has 0 aliphatic heterocycles. The lowest BCUT2D eigenvalue weighted by Crippen LogP contribution is -2.11. The zero-order chi connectivity index (χ0) is 18.4. The Balaban J connectivity index is 2.24. The van der Waals surface area contributed by atoms with E-state index in [9.17, 15) is 9.18 Å². The summed E-state index contributed by atoms with van der Waals surface area (Å²) in [6.07, 6.45) is 0.587. The van der Waals surface area contributed by atoms with Crippen LogP contribution in [0.4, 0.5) is 4.39 Å². The lowest BCUT2D eigenvalue weighted by Gasteiger charge is -2.10. The Hall–Kier alpha value is -2.08. The van der Waals surface area contributed by atoms with Crippen LogP contribution in [-0.4, -0.2) is 28.5 Å². The topological polar surface area (TPSA) is 53.4 Å². The molecule has 2 rings (SSSR count). The van der Waals surface area contributed by atoms with Gasteiger partial charge in [0.1, 0.15) is 5.82 Å². The van der Waals surface area contributed by atoms with E-state index in [0.29, 0.717) is 29.5 Å². The Labute approximate surface area is 151 Å². The van der Waals surface area contributed by atoms with Crippen molar-refractivity contribution >= 4 is 17.6 Å². The maximum Gasteiger partial charge on any atom is 0.306 e. The fourth-order valence-electron chi connectivity index (χ4n) is 2.36. The van der Waals surface area contributed by atoms with Crippen molar-refractivity contribution < 1.29 is 18.7 Å². The molecule has 7 heteroatoms. The first-order chi connectivity index (χ1) is 11.9. The molecule has 1 heterocycles. The smallest absolute Gasteiger partial charge is 0.306 e. The molecule has 0 saturated carbocycles. The Bertz CT molecular complexity index is 711. The summed E-state index contributed by atoms with van der Waals surface area (Å²) >= 11 is 6.11. The first kappa shape index (κ1) is 19.2. The van der Waals surface area contributed by atoms with Crippen LogP contribution in [0, 0.1) is 5.82 Å². The van der Waals surface area contributed by atoms with Crippen molar-refractivity contribution in [1.82, 2.24) is 9.78 Å². The molecule has 5 nitrogen and oxygen atoms in total. The predicted molar refractivity (Wildman–Crippen MR) is 93.5 cm³/mol. The zero-order valence-electron chi connectivity index (χ0n) is 14.6. The average Bonchev–Trinajstić information content (AvgIpc) is 2.90. The van der Waals surface area contributed by atoms with Crippen LogP contribution in [0.25, 0.3) is 0 Å². The summed E-state index contributed by atoms with van der Waals surface area (Å²) in [6, 6.07) is 6.30. The van der Waals surface area contributed by atoms with Crippen LogP contribution < -0.4 is 4.74 Å². The minimum Gasteiger partial charge on any atom is -0.474 e. The van der Waals surface area contributed by atoms with Gasteiger partial charge in [0.2, 0.25) is 5.88 Å². The summed E-state index contributed by atoms with van der Waals surface area (Å²) in [5.41, 5.74) is 1.10. The third kappa shape index (κ3) is 5.46. The predicted octanol–water partition coefficient (Wildman–Crippen LogP) is 4.01. The number of hydrogen-bond donors (Lipinski definition) is 0. The van der Waals surface area contributed by atoms with E-state index in [2.05, 4.69) is 5.10 Å². The summed E-state index contributed by atoms with van der Waals surface area (Å²) in [7, 11) is 0. The van der Waals surface area contributed by atoms with Gasteiger partial charge < -0.3 is 9.47 Å². The lowest BCUT2D eigenvalue weighted by molar-refractivity contribution is -0.143. The second-order valence-corrected chi connectivity index (χ2v) is 6.21. The fraction of sp³-hybridized carbons (Fsp3) is 0.444. The fourth-order valence-corrected chi connectivity index (χ4v) is 2.59. The molecule has 25 heavy (non-hydrogen) atoms. The normalized spacial score (nSPS) is 11.0. The van der Waals surface area contributed by atoms with Crippen LogP contribution in [0.2, 0.25) is 5.02 Å². The number of halogens is 2. The lowest BCUT2D eigenvalue weighted by atomic mass is 10.2. The molecule has 0 amide bonds. The highest BCUT2D eigenvalue weighted by molar-refractivity contribution is 6.31. The van der Waals surface area contributed by atoms with E-state index < -0.39 is 5.82 Å². The molecule has 0 N–H and O–H groups in total. The third-order valence-electron chi connectivity index (χ3n) is 3.46. The first-order valence-corrected chi connectivity index (χ1v) is 8.60. The first-order valence-electron chi connectivity index (χ1n) is 8.22. The van der Waals surface area contributed by atoms with Crippen molar-refractivity contribution in [2.45, 2.75) is 46.3 Å². The SMILES string of the molecule is CCOC(=O)CCc1cc(OC(C)C)nn1Cc1c(F)cccc1Cl. The minimum absolute atomic E-state index is 0.0432. The van der Waals surface area contributed by atoms with E-state index in [1.807, 2.05) is 13.8 Å². The van der Waals surface area contributed by atoms with Gasteiger partial charge in [0.25, 0.3) is 0 Å². The molecule has 0 radical (unpaired) electrons. The van der Waals surface area contributed by atoms with Crippen molar-refractivity contribution in [3.63, 3.8) is 0 Å². The van der Waals surface area contributed by atoms with Crippen LogP contribution in [-0.2, 0) is 22.5 Å². The van der Waals surface area contributed by atoms with Crippen molar-refractivity contribution in [2.24, 2.45) is 0 Å². The number of hydrogen-bond acceptors (Lipinski definition) is 4. The van der Waals surface area contributed by atoms with Crippen molar-refractivity contribution in [2.75, 3.05) is 6.61 Å². The van der Waals surface area contributed by atoms with Crippen LogP contribution in [0.1, 0.15) is 38.4 Å². The Kier molecular flexibility index (Phi) is 6.82. The Morgan fingerprint density at radius 3 is 2.80 bits per heavy atom. The Morgan fingerprint density at radius 1 is 1.40 bits per heavy atom. The number of aromatic nitrogens is 2. The molecule has 1 aromatic carbocycles. The molecule has 0 bridgehead atoms. The van der Waals surface area contributed by atoms with Gasteiger partial charge in [-0.15, -0.1) is 5.10 Å². The van der Waals surface area contributed by atoms with Crippen molar-refractivity contribution in [1.29, 1.82) is 0 Å². The molecule has 0 aliphatic rings. The summed E-state index contributed by atoms with van der Waals surface area (Å²) in [5.74, 6) is -0.252. The van der Waals surface area contributed by atoms with Crippen molar-refractivity contribution in [3.05, 3.63) is 46.4 Å². The monoisotopic (exact) mass is 368 g/mol. The van der Waals surface area contributed by atoms with Crippen LogP contribution in [0.3, 0.4) is 0 Å². The number of carbonyl (C=O) groups is 1. The summed E-state index contributed by atoms with van der Waals surface area (Å²) in [6.45, 7) is 6.04. The number of esters is 1. The van der Waals surface area contributed by atoms with E-state index in [4.69, 9.17) is 21.1 Å². The highest BCUT2D eigenvalue weighted by Gasteiger charge is 2.15. The average molecular weight is 369 g/mol. The Morgan fingerprint density at radius 2 is 2.16 bits per heavy atom. The van der Waals surface area contributed by atoms with Gasteiger partial charge in [0.05, 0.1) is 25.7 Å². The zero-order valence-corrected chi connectivity index (χ0v) is 15.3. The third-order valence-corrected chi connectivity index (χ3v) is 3.81. The second-order valence-electron chi connectivity index (χ2n) is 5.80. The van der Waals surface area contributed by atoms with Gasteiger partial charge >= 0.3 is 5.97 Å². The number of aryl methyl sites for hydroxylation is 1. The molecule has 1 aromatic heterocycles. The summed E-state index contributed by atoms with van der Waals surface area (Å²) in [4.78, 5) is 11.6. The van der Waals surface area contributed by atoms with Gasteiger partial charge in [-0.2, -0.15) is 0 Å². The largest absolute Gasteiger partial charge is 0.474 e. The molecule has 136 valence electrons. The van der Waals surface area contributed by atoms with Gasteiger partial charge in [-0.1, -0.05) is 17.7 Å². The van der Waals surface area contributed by atoms with E-state index in [1.54, 1.807) is 29.8 Å². The maximum atomic E-state index is 14.1. The standard InChI is InChI=1S/C18H22ClFN2O3/c1-4-24-18(23)9-8-13-10-17(25-12(2)3)21-22(13)11-14-15(19)6-5-7-16(14)20/h5-7,10,12H,4,8-9,11H2,1-3H3. The number of benzene rings is 1. The van der Waals surface area contributed by atoms with Crippen LogP contribution >= 0.6 is 11.6 Å². The van der Waals surface area contributed by atoms with Gasteiger partial charge in [-0.3, -0.25) is 9.48 Å². The molecule has 0 unspecified atom stereocenters. The molecular weight excluding hydrogens is 347 g/mol. The number of ether oxygens (including phenoxy) is 2. The van der Waals surface area contributed by atoms with E-state index in [-0.39, 0.29) is 25.0 Å². The number of carbonyl (C=O) groups excluding carboxylic acids is 1. The molecular formula is C18H22ClFN2O3. The second kappa shape index (κ2) is 8.85. The van der Waals surface area contributed by atoms with Crippen LogP contribution in [0.5, 0.6) is 5.88 Å². The van der Waals surface area contributed by atoms with Gasteiger partial charge in [0, 0.05) is 22.3 Å². The van der Waals surface area contributed by atoms with Gasteiger partial charge in [-0.25, -0.2) is 4.39 Å². The summed E-state index contributed by atoms with van der Waals surface area (Å²) < 4.78 is 26.2. The molecule has 0 aliphatic carbocycles. The molecule has 0 fully saturated rings. The quantitative estimate of drug-likeness (QED) is 0.661.